The van der Waals surface area contributed by atoms with Gasteiger partial charge < -0.3 is 4.52 Å². The topological polar surface area (TPSA) is 86.0 Å². The molecule has 2 aromatic rings. The summed E-state index contributed by atoms with van der Waals surface area (Å²) in [5.74, 6) is 0.929. The highest BCUT2D eigenvalue weighted by Gasteiger charge is 2.28. The molecule has 0 spiro atoms. The summed E-state index contributed by atoms with van der Waals surface area (Å²) in [7, 11) is -3.04. The fraction of sp³-hybridized carbons (Fsp3) is 0.583. The minimum Gasteiger partial charge on any atom is -0.339 e. The third-order valence-electron chi connectivity index (χ3n) is 3.53. The second-order valence-electron chi connectivity index (χ2n) is 4.90. The van der Waals surface area contributed by atoms with Crippen LogP contribution in [0.15, 0.2) is 16.2 Å². The van der Waals surface area contributed by atoms with Crippen LogP contribution in [0.2, 0.25) is 0 Å². The first-order chi connectivity index (χ1) is 9.65. The standard InChI is InChI=1S/C12H15N3O3S2/c16-20(17,9-3-1-2-4-9)6-5-11-14-12(15-18-11)10-7-13-8-19-10/h7-9H,1-6H2. The Kier molecular flexibility index (Phi) is 3.84. The third-order valence-corrected chi connectivity index (χ3v) is 6.56. The van der Waals surface area contributed by atoms with E-state index in [-0.39, 0.29) is 17.4 Å². The number of aryl methyl sites for hydroxylation is 1. The van der Waals surface area contributed by atoms with Crippen LogP contribution < -0.4 is 0 Å². The van der Waals surface area contributed by atoms with E-state index in [1.54, 1.807) is 11.7 Å². The Bertz CT molecular complexity index is 658. The monoisotopic (exact) mass is 313 g/mol. The predicted molar refractivity (Wildman–Crippen MR) is 75.2 cm³/mol. The van der Waals surface area contributed by atoms with Gasteiger partial charge >= 0.3 is 0 Å². The third kappa shape index (κ3) is 2.90. The van der Waals surface area contributed by atoms with Gasteiger partial charge in [-0.25, -0.2) is 8.42 Å². The molecule has 8 heteroatoms. The maximum atomic E-state index is 12.1. The Morgan fingerprint density at radius 1 is 1.35 bits per heavy atom. The summed E-state index contributed by atoms with van der Waals surface area (Å²) in [6.07, 6.45) is 5.55. The van der Waals surface area contributed by atoms with Crippen LogP contribution in [-0.2, 0) is 16.3 Å². The minimum atomic E-state index is -3.04. The van der Waals surface area contributed by atoms with E-state index < -0.39 is 9.84 Å². The molecule has 0 radical (unpaired) electrons. The molecule has 1 saturated carbocycles. The van der Waals surface area contributed by atoms with Crippen molar-refractivity contribution in [3.05, 3.63) is 17.6 Å². The number of hydrogen-bond donors (Lipinski definition) is 0. The van der Waals surface area contributed by atoms with E-state index in [1.807, 2.05) is 0 Å². The molecule has 0 aromatic carbocycles. The normalized spacial score (nSPS) is 16.8. The summed E-state index contributed by atoms with van der Waals surface area (Å²) in [6, 6.07) is 0. The molecule has 1 aliphatic carbocycles. The van der Waals surface area contributed by atoms with Crippen LogP contribution in [0, 0.1) is 0 Å². The van der Waals surface area contributed by atoms with Crippen molar-refractivity contribution in [2.75, 3.05) is 5.75 Å². The van der Waals surface area contributed by atoms with E-state index in [4.69, 9.17) is 4.52 Å². The lowest BCUT2D eigenvalue weighted by atomic mass is 10.4. The maximum Gasteiger partial charge on any atom is 0.228 e. The largest absolute Gasteiger partial charge is 0.339 e. The van der Waals surface area contributed by atoms with Crippen LogP contribution in [-0.4, -0.2) is 34.5 Å². The Morgan fingerprint density at radius 3 is 2.85 bits per heavy atom. The first-order valence-electron chi connectivity index (χ1n) is 6.58. The SMILES string of the molecule is O=S(=O)(CCc1nc(-c2cncs2)no1)C1CCCC1. The van der Waals surface area contributed by atoms with Crippen molar-refractivity contribution >= 4 is 21.2 Å². The zero-order valence-electron chi connectivity index (χ0n) is 10.9. The van der Waals surface area contributed by atoms with Gasteiger partial charge in [0.15, 0.2) is 9.84 Å². The molecule has 0 saturated heterocycles. The highest BCUT2D eigenvalue weighted by Crippen LogP contribution is 2.26. The van der Waals surface area contributed by atoms with Gasteiger partial charge in [0.05, 0.1) is 21.4 Å². The van der Waals surface area contributed by atoms with Crippen LogP contribution >= 0.6 is 11.3 Å². The van der Waals surface area contributed by atoms with Gasteiger partial charge in [-0.15, -0.1) is 11.3 Å². The second-order valence-corrected chi connectivity index (χ2v) is 8.19. The molecule has 0 unspecified atom stereocenters. The van der Waals surface area contributed by atoms with E-state index in [0.717, 1.165) is 30.6 Å². The summed E-state index contributed by atoms with van der Waals surface area (Å²) in [5, 5.41) is 3.67. The molecule has 1 aliphatic rings. The van der Waals surface area contributed by atoms with Crippen LogP contribution in [0.4, 0.5) is 0 Å². The first-order valence-corrected chi connectivity index (χ1v) is 9.18. The zero-order chi connectivity index (χ0) is 14.0. The van der Waals surface area contributed by atoms with Crippen molar-refractivity contribution in [2.45, 2.75) is 37.4 Å². The highest BCUT2D eigenvalue weighted by molar-refractivity contribution is 7.92. The Morgan fingerprint density at radius 2 is 2.15 bits per heavy atom. The minimum absolute atomic E-state index is 0.0853. The smallest absolute Gasteiger partial charge is 0.228 e. The second kappa shape index (κ2) is 5.61. The molecule has 0 aliphatic heterocycles. The van der Waals surface area contributed by atoms with Gasteiger partial charge in [-0.3, -0.25) is 4.98 Å². The first kappa shape index (κ1) is 13.7. The van der Waals surface area contributed by atoms with Crippen LogP contribution in [0.25, 0.3) is 10.7 Å². The molecule has 3 rings (SSSR count). The van der Waals surface area contributed by atoms with Gasteiger partial charge in [-0.05, 0) is 12.8 Å². The maximum absolute atomic E-state index is 12.1. The van der Waals surface area contributed by atoms with E-state index in [9.17, 15) is 8.42 Å². The van der Waals surface area contributed by atoms with Crippen molar-refractivity contribution in [1.82, 2.24) is 15.1 Å². The number of sulfone groups is 1. The fourth-order valence-corrected chi connectivity index (χ4v) is 4.82. The van der Waals surface area contributed by atoms with Crippen molar-refractivity contribution in [3.8, 4) is 10.7 Å². The van der Waals surface area contributed by atoms with Crippen LogP contribution in [0.5, 0.6) is 0 Å². The van der Waals surface area contributed by atoms with Crippen LogP contribution in [0.3, 0.4) is 0 Å². The van der Waals surface area contributed by atoms with Crippen molar-refractivity contribution in [1.29, 1.82) is 0 Å². The molecule has 1 fully saturated rings. The molecule has 2 heterocycles. The summed E-state index contributed by atoms with van der Waals surface area (Å²) >= 11 is 1.42. The number of thiazole rings is 1. The molecule has 0 atom stereocenters. The van der Waals surface area contributed by atoms with Gasteiger partial charge in [0.25, 0.3) is 0 Å². The zero-order valence-corrected chi connectivity index (χ0v) is 12.5. The van der Waals surface area contributed by atoms with Crippen LogP contribution in [0.1, 0.15) is 31.6 Å². The lowest BCUT2D eigenvalue weighted by Gasteiger charge is -2.09. The van der Waals surface area contributed by atoms with Gasteiger partial charge in [0.1, 0.15) is 0 Å². The van der Waals surface area contributed by atoms with Gasteiger partial charge in [-0.1, -0.05) is 18.0 Å². The molecule has 6 nitrogen and oxygen atoms in total. The van der Waals surface area contributed by atoms with Crippen molar-refractivity contribution in [3.63, 3.8) is 0 Å². The molecular weight excluding hydrogens is 298 g/mol. The average molecular weight is 313 g/mol. The lowest BCUT2D eigenvalue weighted by molar-refractivity contribution is 0.382. The number of hydrogen-bond acceptors (Lipinski definition) is 7. The Hall–Kier alpha value is -1.28. The lowest BCUT2D eigenvalue weighted by Crippen LogP contribution is -2.22. The number of nitrogens with zero attached hydrogens (tertiary/aromatic N) is 3. The molecular formula is C12H15N3O3S2. The average Bonchev–Trinajstić information content (AvgIpc) is 3.16. The van der Waals surface area contributed by atoms with E-state index in [2.05, 4.69) is 15.1 Å². The summed E-state index contributed by atoms with van der Waals surface area (Å²) in [6.45, 7) is 0. The summed E-state index contributed by atoms with van der Waals surface area (Å²) in [4.78, 5) is 8.98. The van der Waals surface area contributed by atoms with Gasteiger partial charge in [0, 0.05) is 12.6 Å². The number of aromatic nitrogens is 3. The van der Waals surface area contributed by atoms with E-state index >= 15 is 0 Å². The van der Waals surface area contributed by atoms with Crippen molar-refractivity contribution in [2.24, 2.45) is 0 Å². The molecule has 108 valence electrons. The Labute approximate surface area is 121 Å². The van der Waals surface area contributed by atoms with E-state index in [1.165, 1.54) is 11.3 Å². The van der Waals surface area contributed by atoms with Gasteiger partial charge in [-0.2, -0.15) is 4.98 Å². The summed E-state index contributed by atoms with van der Waals surface area (Å²) < 4.78 is 29.4. The van der Waals surface area contributed by atoms with E-state index in [0.29, 0.717) is 11.7 Å². The van der Waals surface area contributed by atoms with Gasteiger partial charge in [0.2, 0.25) is 11.7 Å². The quantitative estimate of drug-likeness (QED) is 0.840. The summed E-state index contributed by atoms with van der Waals surface area (Å²) in [5.41, 5.74) is 1.69. The molecule has 20 heavy (non-hydrogen) atoms. The molecule has 2 aromatic heterocycles. The fourth-order valence-electron chi connectivity index (χ4n) is 2.43. The van der Waals surface area contributed by atoms with Crippen molar-refractivity contribution < 1.29 is 12.9 Å². The number of rotatable bonds is 5. The Balaban J connectivity index is 1.64. The predicted octanol–water partition coefficient (Wildman–Crippen LogP) is 2.09. The molecule has 0 bridgehead atoms. The molecule has 0 amide bonds. The molecule has 0 N–H and O–H groups in total. The highest BCUT2D eigenvalue weighted by atomic mass is 32.2.